The van der Waals surface area contributed by atoms with Crippen LogP contribution in [-0.4, -0.2) is 87.2 Å². The molecule has 8 rings (SSSR count). The molecule has 4 aromatic rings. The second-order valence-corrected chi connectivity index (χ2v) is 17.6. The van der Waals surface area contributed by atoms with E-state index in [2.05, 4.69) is 37.4 Å². The highest BCUT2D eigenvalue weighted by molar-refractivity contribution is 6.00. The number of aryl methyl sites for hydroxylation is 1. The molecule has 4 fully saturated rings. The Morgan fingerprint density at radius 1 is 0.982 bits per heavy atom. The minimum atomic E-state index is -0.683. The van der Waals surface area contributed by atoms with Gasteiger partial charge in [0, 0.05) is 50.8 Å². The van der Waals surface area contributed by atoms with Crippen LogP contribution in [0.4, 0.5) is 16.2 Å². The van der Waals surface area contributed by atoms with E-state index in [1.807, 2.05) is 45.0 Å². The third kappa shape index (κ3) is 7.51. The lowest BCUT2D eigenvalue weighted by Gasteiger charge is -2.48. The standard InChI is InChI=1S/C42H56N8O6/c1-41(2,3)56-39(53)43-31-23-28-26-49(45-30(28)24-35(31)55-5)29-11-9-27(10-12-29)25-47-19-15-42(16-20-47)17-21-48(22-18-42)32-7-6-8-33-37(32)46(4)40(54)50(33)34-13-14-36(51)44-38(34)52/h6-8,23-24,26-27,29,34H,9-22,25H2,1-5H3,(H,43,53)(H,44,51,52). The lowest BCUT2D eigenvalue weighted by molar-refractivity contribution is -0.135. The number of ether oxygens (including phenoxy) is 2. The predicted molar refractivity (Wildman–Crippen MR) is 215 cm³/mol. The Morgan fingerprint density at radius 3 is 2.38 bits per heavy atom. The minimum absolute atomic E-state index is 0.225. The van der Waals surface area contributed by atoms with Crippen molar-refractivity contribution in [1.29, 1.82) is 0 Å². The van der Waals surface area contributed by atoms with Gasteiger partial charge in [0.25, 0.3) is 0 Å². The van der Waals surface area contributed by atoms with Crippen LogP contribution >= 0.6 is 0 Å². The third-order valence-corrected chi connectivity index (χ3v) is 12.9. The smallest absolute Gasteiger partial charge is 0.412 e. The average molecular weight is 769 g/mol. The molecule has 1 unspecified atom stereocenters. The lowest BCUT2D eigenvalue weighted by Crippen LogP contribution is -2.48. The summed E-state index contributed by atoms with van der Waals surface area (Å²) in [6.07, 6.45) is 11.4. The summed E-state index contributed by atoms with van der Waals surface area (Å²) in [7, 11) is 3.37. The molecule has 56 heavy (non-hydrogen) atoms. The molecule has 2 aromatic heterocycles. The van der Waals surface area contributed by atoms with Crippen molar-refractivity contribution in [3.63, 3.8) is 0 Å². The minimum Gasteiger partial charge on any atom is -0.494 e. The van der Waals surface area contributed by atoms with Gasteiger partial charge in [0.2, 0.25) is 11.8 Å². The number of para-hydroxylation sites is 1. The first-order valence-corrected chi connectivity index (χ1v) is 20.4. The van der Waals surface area contributed by atoms with E-state index in [9.17, 15) is 19.2 Å². The number of imidazole rings is 1. The molecule has 0 bridgehead atoms. The van der Waals surface area contributed by atoms with E-state index in [0.717, 1.165) is 86.0 Å². The van der Waals surface area contributed by atoms with Gasteiger partial charge in [-0.15, -0.1) is 0 Å². The summed E-state index contributed by atoms with van der Waals surface area (Å²) in [5.74, 6) is 0.552. The van der Waals surface area contributed by atoms with Crippen LogP contribution < -0.4 is 26.0 Å². The van der Waals surface area contributed by atoms with E-state index in [0.29, 0.717) is 35.2 Å². The molecule has 2 N–H and O–H groups in total. The number of benzene rings is 2. The zero-order valence-corrected chi connectivity index (χ0v) is 33.4. The molecule has 2 aromatic carbocycles. The summed E-state index contributed by atoms with van der Waals surface area (Å²) < 4.78 is 16.4. The summed E-state index contributed by atoms with van der Waals surface area (Å²) in [6.45, 7) is 10.8. The number of hydrogen-bond donors (Lipinski definition) is 2. The molecule has 3 saturated heterocycles. The van der Waals surface area contributed by atoms with Gasteiger partial charge in [-0.3, -0.25) is 34.0 Å². The van der Waals surface area contributed by atoms with Crippen LogP contribution in [0, 0.1) is 11.3 Å². The molecule has 0 radical (unpaired) electrons. The number of hydrogen-bond acceptors (Lipinski definition) is 9. The molecule has 300 valence electrons. The van der Waals surface area contributed by atoms with Gasteiger partial charge in [-0.2, -0.15) is 5.10 Å². The van der Waals surface area contributed by atoms with E-state index in [4.69, 9.17) is 14.6 Å². The monoisotopic (exact) mass is 768 g/mol. The molecular weight excluding hydrogens is 713 g/mol. The van der Waals surface area contributed by atoms with Gasteiger partial charge in [-0.1, -0.05) is 6.07 Å². The molecule has 1 spiro atoms. The molecule has 3 aliphatic heterocycles. The van der Waals surface area contributed by atoms with Crippen LogP contribution in [0.3, 0.4) is 0 Å². The van der Waals surface area contributed by atoms with Gasteiger partial charge in [-0.25, -0.2) is 9.59 Å². The number of fused-ring (bicyclic) bond motifs is 2. The molecule has 3 amide bonds. The number of methoxy groups -OCH3 is 1. The Hall–Kier alpha value is -4.85. The van der Waals surface area contributed by atoms with Gasteiger partial charge in [-0.05, 0) is 121 Å². The summed E-state index contributed by atoms with van der Waals surface area (Å²) in [5.41, 5.74) is 3.59. The van der Waals surface area contributed by atoms with Crippen LogP contribution in [0.15, 0.2) is 41.3 Å². The zero-order valence-electron chi connectivity index (χ0n) is 33.4. The second kappa shape index (κ2) is 14.9. The first kappa shape index (κ1) is 38.0. The Bertz CT molecular complexity index is 2190. The number of aromatic nitrogens is 4. The Labute approximate surface area is 327 Å². The molecule has 1 atom stereocenters. The fourth-order valence-electron chi connectivity index (χ4n) is 9.73. The topological polar surface area (TPSA) is 145 Å². The number of imide groups is 1. The first-order chi connectivity index (χ1) is 26.8. The molecule has 14 nitrogen and oxygen atoms in total. The summed E-state index contributed by atoms with van der Waals surface area (Å²) in [5, 5.41) is 11.1. The van der Waals surface area contributed by atoms with Gasteiger partial charge in [0.05, 0.1) is 41.1 Å². The highest BCUT2D eigenvalue weighted by Crippen LogP contribution is 2.44. The van der Waals surface area contributed by atoms with Crippen LogP contribution in [-0.2, 0) is 21.4 Å². The number of carbonyl (C=O) groups excluding carboxylic acids is 3. The average Bonchev–Trinajstić information content (AvgIpc) is 3.69. The third-order valence-electron chi connectivity index (χ3n) is 12.9. The highest BCUT2D eigenvalue weighted by atomic mass is 16.6. The highest BCUT2D eigenvalue weighted by Gasteiger charge is 2.39. The largest absolute Gasteiger partial charge is 0.494 e. The fraction of sp³-hybridized carbons (Fsp3) is 0.595. The van der Waals surface area contributed by atoms with Crippen LogP contribution in [0.25, 0.3) is 21.9 Å². The van der Waals surface area contributed by atoms with E-state index in [-0.39, 0.29) is 18.0 Å². The summed E-state index contributed by atoms with van der Waals surface area (Å²) in [4.78, 5) is 55.6. The SMILES string of the molecule is COc1cc2nn(C3CCC(CN4CCC5(CC4)CCN(c4cccc6c4n(C)c(=O)n6C4CCC(=O)NC4=O)CC5)CC3)cc2cc1NC(=O)OC(C)(C)C. The van der Waals surface area contributed by atoms with Crippen molar-refractivity contribution in [1.82, 2.24) is 29.1 Å². The van der Waals surface area contributed by atoms with E-state index in [1.54, 1.807) is 23.3 Å². The summed E-state index contributed by atoms with van der Waals surface area (Å²) in [6, 6.07) is 9.45. The van der Waals surface area contributed by atoms with Crippen LogP contribution in [0.1, 0.15) is 97.1 Å². The Kier molecular flexibility index (Phi) is 10.1. The van der Waals surface area contributed by atoms with Crippen molar-refractivity contribution < 1.29 is 23.9 Å². The molecule has 5 heterocycles. The first-order valence-electron chi connectivity index (χ1n) is 20.4. The van der Waals surface area contributed by atoms with Crippen molar-refractivity contribution in [3.8, 4) is 5.75 Å². The van der Waals surface area contributed by atoms with Crippen LogP contribution in [0.5, 0.6) is 5.75 Å². The quantitative estimate of drug-likeness (QED) is 0.212. The molecule has 4 aliphatic rings. The maximum Gasteiger partial charge on any atom is 0.412 e. The molecule has 1 saturated carbocycles. The van der Waals surface area contributed by atoms with Crippen molar-refractivity contribution in [3.05, 3.63) is 47.0 Å². The van der Waals surface area contributed by atoms with Crippen molar-refractivity contribution in [2.45, 2.75) is 103 Å². The normalized spacial score (nSPS) is 23.4. The van der Waals surface area contributed by atoms with Gasteiger partial charge in [0.1, 0.15) is 17.4 Å². The fourth-order valence-corrected chi connectivity index (χ4v) is 9.73. The lowest BCUT2D eigenvalue weighted by atomic mass is 9.71. The number of nitrogens with zero attached hydrogens (tertiary/aromatic N) is 6. The molecular formula is C42H56N8O6. The Balaban J connectivity index is 0.837. The van der Waals surface area contributed by atoms with E-state index >= 15 is 0 Å². The van der Waals surface area contributed by atoms with Crippen LogP contribution in [0.2, 0.25) is 0 Å². The van der Waals surface area contributed by atoms with E-state index in [1.165, 1.54) is 25.7 Å². The van der Waals surface area contributed by atoms with Gasteiger partial charge in [0.15, 0.2) is 0 Å². The maximum atomic E-state index is 13.5. The summed E-state index contributed by atoms with van der Waals surface area (Å²) >= 11 is 0. The number of carbonyl (C=O) groups is 3. The zero-order chi connectivity index (χ0) is 39.4. The number of rotatable bonds is 7. The second-order valence-electron chi connectivity index (χ2n) is 17.6. The van der Waals surface area contributed by atoms with E-state index < -0.39 is 23.6 Å². The van der Waals surface area contributed by atoms with Crippen molar-refractivity contribution in [2.24, 2.45) is 18.4 Å². The van der Waals surface area contributed by atoms with Crippen molar-refractivity contribution >= 4 is 51.2 Å². The number of piperidine rings is 3. The number of anilines is 2. The maximum absolute atomic E-state index is 13.5. The molecule has 14 heteroatoms. The Morgan fingerprint density at radius 2 is 1.70 bits per heavy atom. The van der Waals surface area contributed by atoms with Gasteiger partial charge < -0.3 is 19.3 Å². The van der Waals surface area contributed by atoms with Crippen molar-refractivity contribution in [2.75, 3.05) is 50.1 Å². The number of likely N-dealkylation sites (tertiary alicyclic amines) is 1. The van der Waals surface area contributed by atoms with Gasteiger partial charge >= 0.3 is 11.8 Å². The molecule has 1 aliphatic carbocycles. The predicted octanol–water partition coefficient (Wildman–Crippen LogP) is 6.14. The number of amides is 3. The number of nitrogens with one attached hydrogen (secondary N) is 2.